The standard InChI is InChI=1S/C20H27F4N3O2/c1-2-3-8-25-19(29)14-6-9-27(10-7-14)13-18(28)26-12-15-4-5-16(21)11-17(15)20(22,23)24/h4-5,11,14H,2-3,6-10,12-13H2,1H3,(H,25,29)(H,26,28). The summed E-state index contributed by atoms with van der Waals surface area (Å²) < 4.78 is 52.2. The Labute approximate surface area is 167 Å². The van der Waals surface area contributed by atoms with Crippen molar-refractivity contribution in [1.29, 1.82) is 0 Å². The van der Waals surface area contributed by atoms with E-state index in [1.165, 1.54) is 0 Å². The number of piperidine rings is 1. The lowest BCUT2D eigenvalue weighted by atomic mass is 9.96. The molecule has 29 heavy (non-hydrogen) atoms. The number of hydrogen-bond acceptors (Lipinski definition) is 3. The third-order valence-corrected chi connectivity index (χ3v) is 5.01. The number of benzene rings is 1. The second kappa shape index (κ2) is 10.6. The fourth-order valence-corrected chi connectivity index (χ4v) is 3.31. The lowest BCUT2D eigenvalue weighted by Crippen LogP contribution is -2.44. The summed E-state index contributed by atoms with van der Waals surface area (Å²) in [6.45, 7) is 3.58. The van der Waals surface area contributed by atoms with Crippen molar-refractivity contribution >= 4 is 11.8 Å². The summed E-state index contributed by atoms with van der Waals surface area (Å²) >= 11 is 0. The van der Waals surface area contributed by atoms with E-state index in [1.54, 1.807) is 0 Å². The van der Waals surface area contributed by atoms with Crippen LogP contribution in [0.2, 0.25) is 0 Å². The molecule has 0 atom stereocenters. The number of carbonyl (C=O) groups excluding carboxylic acids is 2. The Bertz CT molecular complexity index is 701. The summed E-state index contributed by atoms with van der Waals surface area (Å²) in [6.07, 6.45) is -1.46. The van der Waals surface area contributed by atoms with E-state index in [9.17, 15) is 27.2 Å². The highest BCUT2D eigenvalue weighted by Gasteiger charge is 2.34. The van der Waals surface area contributed by atoms with E-state index < -0.39 is 23.5 Å². The van der Waals surface area contributed by atoms with E-state index in [1.807, 2.05) is 4.90 Å². The van der Waals surface area contributed by atoms with Crippen molar-refractivity contribution in [3.63, 3.8) is 0 Å². The maximum absolute atomic E-state index is 13.1. The van der Waals surface area contributed by atoms with Crippen LogP contribution in [0.15, 0.2) is 18.2 Å². The minimum absolute atomic E-state index is 0.0403. The molecule has 1 heterocycles. The molecule has 1 aliphatic rings. The monoisotopic (exact) mass is 417 g/mol. The van der Waals surface area contributed by atoms with Crippen LogP contribution in [0.3, 0.4) is 0 Å². The molecule has 0 radical (unpaired) electrons. The maximum Gasteiger partial charge on any atom is 0.416 e. The molecule has 0 aromatic heterocycles. The summed E-state index contributed by atoms with van der Waals surface area (Å²) in [4.78, 5) is 26.1. The number of nitrogens with zero attached hydrogens (tertiary/aromatic N) is 1. The lowest BCUT2D eigenvalue weighted by Gasteiger charge is -2.30. The normalized spacial score (nSPS) is 15.9. The molecule has 2 N–H and O–H groups in total. The number of unbranched alkanes of at least 4 members (excludes halogenated alkanes) is 1. The van der Waals surface area contributed by atoms with Crippen LogP contribution in [-0.4, -0.2) is 42.9 Å². The van der Waals surface area contributed by atoms with E-state index in [0.717, 1.165) is 25.0 Å². The first-order valence-corrected chi connectivity index (χ1v) is 9.83. The van der Waals surface area contributed by atoms with Crippen molar-refractivity contribution in [3.8, 4) is 0 Å². The van der Waals surface area contributed by atoms with Gasteiger partial charge in [-0.1, -0.05) is 19.4 Å². The van der Waals surface area contributed by atoms with E-state index in [-0.39, 0.29) is 30.5 Å². The first-order valence-electron chi connectivity index (χ1n) is 9.83. The number of carbonyl (C=O) groups is 2. The quantitative estimate of drug-likeness (QED) is 0.505. The van der Waals surface area contributed by atoms with Crippen molar-refractivity contribution in [3.05, 3.63) is 35.1 Å². The Morgan fingerprint density at radius 1 is 1.17 bits per heavy atom. The third-order valence-electron chi connectivity index (χ3n) is 5.01. The molecule has 1 aliphatic heterocycles. The van der Waals surface area contributed by atoms with Crippen LogP contribution in [0.1, 0.15) is 43.7 Å². The lowest BCUT2D eigenvalue weighted by molar-refractivity contribution is -0.138. The van der Waals surface area contributed by atoms with Gasteiger partial charge in [0, 0.05) is 19.0 Å². The number of likely N-dealkylation sites (tertiary alicyclic amines) is 1. The minimum Gasteiger partial charge on any atom is -0.356 e. The number of amides is 2. The van der Waals surface area contributed by atoms with E-state index in [0.29, 0.717) is 38.5 Å². The molecule has 2 amide bonds. The average Bonchev–Trinajstić information content (AvgIpc) is 2.67. The Hall–Kier alpha value is -2.16. The van der Waals surface area contributed by atoms with Gasteiger partial charge in [0.25, 0.3) is 0 Å². The molecule has 0 unspecified atom stereocenters. The zero-order valence-corrected chi connectivity index (χ0v) is 16.4. The molecule has 2 rings (SSSR count). The van der Waals surface area contributed by atoms with Crippen molar-refractivity contribution in [2.24, 2.45) is 5.92 Å². The molecule has 1 aromatic rings. The number of halogens is 4. The van der Waals surface area contributed by atoms with Gasteiger partial charge in [0.2, 0.25) is 11.8 Å². The fourth-order valence-electron chi connectivity index (χ4n) is 3.31. The first kappa shape index (κ1) is 23.1. The second-order valence-corrected chi connectivity index (χ2v) is 7.27. The maximum atomic E-state index is 13.1. The average molecular weight is 417 g/mol. The summed E-state index contributed by atoms with van der Waals surface area (Å²) in [5, 5.41) is 5.38. The Kier molecular flexibility index (Phi) is 8.43. The Balaban J connectivity index is 1.78. The van der Waals surface area contributed by atoms with Gasteiger partial charge in [-0.3, -0.25) is 14.5 Å². The van der Waals surface area contributed by atoms with Gasteiger partial charge < -0.3 is 10.6 Å². The van der Waals surface area contributed by atoms with E-state index in [2.05, 4.69) is 17.6 Å². The molecular weight excluding hydrogens is 390 g/mol. The second-order valence-electron chi connectivity index (χ2n) is 7.27. The van der Waals surface area contributed by atoms with Crippen molar-refractivity contribution in [2.75, 3.05) is 26.2 Å². The highest BCUT2D eigenvalue weighted by Crippen LogP contribution is 2.32. The van der Waals surface area contributed by atoms with Gasteiger partial charge in [0.1, 0.15) is 5.82 Å². The predicted octanol–water partition coefficient (Wildman–Crippen LogP) is 3.09. The molecule has 0 aliphatic carbocycles. The molecule has 0 saturated carbocycles. The van der Waals surface area contributed by atoms with E-state index in [4.69, 9.17) is 0 Å². The molecule has 0 spiro atoms. The number of nitrogens with one attached hydrogen (secondary N) is 2. The first-order chi connectivity index (χ1) is 13.7. The zero-order valence-electron chi connectivity index (χ0n) is 16.4. The molecule has 0 bridgehead atoms. The fraction of sp³-hybridized carbons (Fsp3) is 0.600. The van der Waals surface area contributed by atoms with Crippen molar-refractivity contribution in [2.45, 2.75) is 45.3 Å². The number of hydrogen-bond donors (Lipinski definition) is 2. The van der Waals surface area contributed by atoms with Gasteiger partial charge in [-0.2, -0.15) is 13.2 Å². The van der Waals surface area contributed by atoms with Gasteiger partial charge in [-0.25, -0.2) is 4.39 Å². The molecule has 1 fully saturated rings. The van der Waals surface area contributed by atoms with Crippen LogP contribution >= 0.6 is 0 Å². The summed E-state index contributed by atoms with van der Waals surface area (Å²) in [5.74, 6) is -1.42. The van der Waals surface area contributed by atoms with Crippen LogP contribution in [0, 0.1) is 11.7 Å². The van der Waals surface area contributed by atoms with Crippen LogP contribution in [0.4, 0.5) is 17.6 Å². The highest BCUT2D eigenvalue weighted by molar-refractivity contribution is 5.79. The van der Waals surface area contributed by atoms with Gasteiger partial charge in [0.15, 0.2) is 0 Å². The van der Waals surface area contributed by atoms with E-state index >= 15 is 0 Å². The van der Waals surface area contributed by atoms with Crippen LogP contribution < -0.4 is 10.6 Å². The summed E-state index contributed by atoms with van der Waals surface area (Å²) in [6, 6.07) is 2.39. The molecule has 5 nitrogen and oxygen atoms in total. The summed E-state index contributed by atoms with van der Waals surface area (Å²) in [7, 11) is 0. The Morgan fingerprint density at radius 2 is 1.86 bits per heavy atom. The highest BCUT2D eigenvalue weighted by atomic mass is 19.4. The van der Waals surface area contributed by atoms with Gasteiger partial charge in [-0.05, 0) is 50.0 Å². The van der Waals surface area contributed by atoms with Gasteiger partial charge in [0.05, 0.1) is 12.1 Å². The predicted molar refractivity (Wildman–Crippen MR) is 100 cm³/mol. The van der Waals surface area contributed by atoms with Gasteiger partial charge >= 0.3 is 6.18 Å². The zero-order chi connectivity index (χ0) is 21.4. The molecule has 162 valence electrons. The topological polar surface area (TPSA) is 61.4 Å². The van der Waals surface area contributed by atoms with Crippen molar-refractivity contribution in [1.82, 2.24) is 15.5 Å². The number of alkyl halides is 3. The molecular formula is C20H27F4N3O2. The van der Waals surface area contributed by atoms with Crippen LogP contribution in [-0.2, 0) is 22.3 Å². The molecule has 1 aromatic carbocycles. The van der Waals surface area contributed by atoms with Gasteiger partial charge in [-0.15, -0.1) is 0 Å². The van der Waals surface area contributed by atoms with Crippen molar-refractivity contribution < 1.29 is 27.2 Å². The van der Waals surface area contributed by atoms with Crippen LogP contribution in [0.25, 0.3) is 0 Å². The smallest absolute Gasteiger partial charge is 0.356 e. The SMILES string of the molecule is CCCCNC(=O)C1CCN(CC(=O)NCc2ccc(F)cc2C(F)(F)F)CC1. The largest absolute Gasteiger partial charge is 0.416 e. The molecule has 9 heteroatoms. The number of rotatable bonds is 8. The summed E-state index contributed by atoms with van der Waals surface area (Å²) in [5.41, 5.74) is -1.28. The van der Waals surface area contributed by atoms with Crippen LogP contribution in [0.5, 0.6) is 0 Å². The Morgan fingerprint density at radius 3 is 2.48 bits per heavy atom. The minimum atomic E-state index is -4.69. The molecule has 1 saturated heterocycles. The third kappa shape index (κ3) is 7.30.